The molecule has 0 aliphatic heterocycles. The van der Waals surface area contributed by atoms with E-state index in [9.17, 15) is 13.2 Å². The lowest BCUT2D eigenvalue weighted by Gasteiger charge is -2.18. The van der Waals surface area contributed by atoms with Crippen LogP contribution in [0.3, 0.4) is 0 Å². The van der Waals surface area contributed by atoms with Gasteiger partial charge in [-0.1, -0.05) is 19.1 Å². The van der Waals surface area contributed by atoms with Crippen molar-refractivity contribution in [1.29, 1.82) is 0 Å². The quantitative estimate of drug-likeness (QED) is 0.875. The van der Waals surface area contributed by atoms with E-state index in [0.29, 0.717) is 0 Å². The molecule has 0 radical (unpaired) electrons. The van der Waals surface area contributed by atoms with Crippen molar-refractivity contribution in [3.05, 3.63) is 51.5 Å². The number of halogens is 3. The third-order valence-electron chi connectivity index (χ3n) is 3.09. The Kier molecular flexibility index (Phi) is 5.00. The van der Waals surface area contributed by atoms with E-state index in [1.54, 1.807) is 17.5 Å². The topological polar surface area (TPSA) is 24.9 Å². The van der Waals surface area contributed by atoms with Crippen LogP contribution in [0.4, 0.5) is 13.2 Å². The maximum Gasteiger partial charge on any atom is 0.416 e. The second kappa shape index (κ2) is 6.58. The molecule has 0 saturated heterocycles. The lowest BCUT2D eigenvalue weighted by atomic mass is 10.0. The van der Waals surface area contributed by atoms with Crippen LogP contribution in [0.5, 0.6) is 0 Å². The molecule has 2 nitrogen and oxygen atoms in total. The van der Waals surface area contributed by atoms with Crippen molar-refractivity contribution in [1.82, 2.24) is 10.3 Å². The number of benzene rings is 1. The number of thiazole rings is 1. The van der Waals surface area contributed by atoms with Crippen molar-refractivity contribution >= 4 is 11.3 Å². The van der Waals surface area contributed by atoms with E-state index in [1.165, 1.54) is 12.1 Å². The van der Waals surface area contributed by atoms with Gasteiger partial charge in [0.05, 0.1) is 16.6 Å². The fourth-order valence-electron chi connectivity index (χ4n) is 2.05. The van der Waals surface area contributed by atoms with E-state index in [-0.39, 0.29) is 6.04 Å². The zero-order valence-electron chi connectivity index (χ0n) is 11.9. The fourth-order valence-corrected chi connectivity index (χ4v) is 2.94. The third-order valence-corrected chi connectivity index (χ3v) is 4.07. The number of nitrogens with one attached hydrogen (secondary N) is 1. The second-order valence-corrected chi connectivity index (χ2v) is 6.05. The Bertz CT molecular complexity index is 575. The number of hydrogen-bond donors (Lipinski definition) is 1. The van der Waals surface area contributed by atoms with Crippen LogP contribution in [0.25, 0.3) is 0 Å². The summed E-state index contributed by atoms with van der Waals surface area (Å²) in [5.74, 6) is 0. The maximum absolute atomic E-state index is 12.6. The van der Waals surface area contributed by atoms with Crippen molar-refractivity contribution in [3.63, 3.8) is 0 Å². The van der Waals surface area contributed by atoms with Gasteiger partial charge in [-0.05, 0) is 37.6 Å². The average Bonchev–Trinajstić information content (AvgIpc) is 2.85. The summed E-state index contributed by atoms with van der Waals surface area (Å²) >= 11 is 1.56. The van der Waals surface area contributed by atoms with E-state index in [4.69, 9.17) is 0 Å². The number of aryl methyl sites for hydroxylation is 1. The van der Waals surface area contributed by atoms with Crippen LogP contribution in [0.1, 0.15) is 40.4 Å². The van der Waals surface area contributed by atoms with Gasteiger partial charge in [0, 0.05) is 11.1 Å². The first-order valence-electron chi connectivity index (χ1n) is 6.74. The molecule has 1 unspecified atom stereocenters. The molecule has 0 spiro atoms. The average molecular weight is 314 g/mol. The molecular formula is C15H17F3N2S. The van der Waals surface area contributed by atoms with Crippen molar-refractivity contribution in [2.45, 2.75) is 32.5 Å². The van der Waals surface area contributed by atoms with Crippen LogP contribution in [-0.4, -0.2) is 11.5 Å². The summed E-state index contributed by atoms with van der Waals surface area (Å²) in [6.07, 6.45) is -1.56. The predicted molar refractivity (Wildman–Crippen MR) is 78.4 cm³/mol. The minimum atomic E-state index is -4.30. The molecule has 0 bridgehead atoms. The van der Waals surface area contributed by atoms with E-state index in [0.717, 1.165) is 40.5 Å². The van der Waals surface area contributed by atoms with Crippen LogP contribution < -0.4 is 5.32 Å². The molecule has 1 aromatic carbocycles. The maximum atomic E-state index is 12.6. The monoisotopic (exact) mass is 314 g/mol. The molecule has 21 heavy (non-hydrogen) atoms. The lowest BCUT2D eigenvalue weighted by Crippen LogP contribution is -2.22. The van der Waals surface area contributed by atoms with Gasteiger partial charge >= 0.3 is 6.18 Å². The van der Waals surface area contributed by atoms with E-state index >= 15 is 0 Å². The highest BCUT2D eigenvalue weighted by atomic mass is 32.1. The number of rotatable bonds is 5. The molecule has 0 saturated carbocycles. The second-order valence-electron chi connectivity index (χ2n) is 4.79. The Balaban J connectivity index is 2.28. The zero-order valence-corrected chi connectivity index (χ0v) is 12.7. The smallest absolute Gasteiger partial charge is 0.306 e. The van der Waals surface area contributed by atoms with Crippen LogP contribution >= 0.6 is 11.3 Å². The Morgan fingerprint density at radius 3 is 2.38 bits per heavy atom. The fraction of sp³-hybridized carbons (Fsp3) is 0.400. The standard InChI is InChI=1S/C15H17F3N2S/c1-3-8-19-14(13-9-20-10(2)21-13)11-4-6-12(7-5-11)15(16,17)18/h4-7,9,14,19H,3,8H2,1-2H3. The highest BCUT2D eigenvalue weighted by molar-refractivity contribution is 7.11. The summed E-state index contributed by atoms with van der Waals surface area (Å²) in [4.78, 5) is 5.24. The van der Waals surface area contributed by atoms with Crippen LogP contribution in [0.2, 0.25) is 0 Å². The number of hydrogen-bond acceptors (Lipinski definition) is 3. The van der Waals surface area contributed by atoms with E-state index < -0.39 is 11.7 Å². The molecule has 0 aliphatic carbocycles. The molecule has 114 valence electrons. The van der Waals surface area contributed by atoms with Gasteiger partial charge in [0.25, 0.3) is 0 Å². The van der Waals surface area contributed by atoms with Gasteiger partial charge in [0.1, 0.15) is 0 Å². The first kappa shape index (κ1) is 16.0. The first-order valence-corrected chi connectivity index (χ1v) is 7.56. The molecule has 2 aromatic rings. The van der Waals surface area contributed by atoms with Crippen molar-refractivity contribution in [2.24, 2.45) is 0 Å². The predicted octanol–water partition coefficient (Wildman–Crippen LogP) is 4.56. The minimum Gasteiger partial charge on any atom is -0.306 e. The Morgan fingerprint density at radius 1 is 1.24 bits per heavy atom. The van der Waals surface area contributed by atoms with Gasteiger partial charge < -0.3 is 5.32 Å². The summed E-state index contributed by atoms with van der Waals surface area (Å²) in [5, 5.41) is 4.31. The Morgan fingerprint density at radius 2 is 1.90 bits per heavy atom. The molecular weight excluding hydrogens is 297 g/mol. The van der Waals surface area contributed by atoms with Gasteiger partial charge in [0.15, 0.2) is 0 Å². The summed E-state index contributed by atoms with van der Waals surface area (Å²) in [5.41, 5.74) is 0.195. The third kappa shape index (κ3) is 4.04. The molecule has 1 atom stereocenters. The number of aromatic nitrogens is 1. The molecule has 1 N–H and O–H groups in total. The number of alkyl halides is 3. The van der Waals surface area contributed by atoms with Crippen molar-refractivity contribution < 1.29 is 13.2 Å². The minimum absolute atomic E-state index is 0.113. The molecule has 6 heteroatoms. The van der Waals surface area contributed by atoms with Gasteiger partial charge in [-0.15, -0.1) is 11.3 Å². The van der Waals surface area contributed by atoms with Crippen LogP contribution in [0, 0.1) is 6.92 Å². The summed E-state index contributed by atoms with van der Waals surface area (Å²) in [6, 6.07) is 5.21. The first-order chi connectivity index (χ1) is 9.91. The number of nitrogens with zero attached hydrogens (tertiary/aromatic N) is 1. The van der Waals surface area contributed by atoms with Crippen LogP contribution in [0.15, 0.2) is 30.5 Å². The Labute approximate surface area is 126 Å². The summed E-state index contributed by atoms with van der Waals surface area (Å²) in [6.45, 7) is 4.76. The van der Waals surface area contributed by atoms with Gasteiger partial charge in [0.2, 0.25) is 0 Å². The highest BCUT2D eigenvalue weighted by Crippen LogP contribution is 2.32. The van der Waals surface area contributed by atoms with Gasteiger partial charge in [-0.3, -0.25) is 0 Å². The molecule has 0 aliphatic rings. The molecule has 0 amide bonds. The Hall–Kier alpha value is -1.40. The van der Waals surface area contributed by atoms with E-state index in [1.807, 2.05) is 6.92 Å². The normalized spacial score (nSPS) is 13.4. The largest absolute Gasteiger partial charge is 0.416 e. The molecule has 0 fully saturated rings. The van der Waals surface area contributed by atoms with Gasteiger partial charge in [-0.2, -0.15) is 13.2 Å². The van der Waals surface area contributed by atoms with Crippen molar-refractivity contribution in [3.8, 4) is 0 Å². The van der Waals surface area contributed by atoms with Crippen molar-refractivity contribution in [2.75, 3.05) is 6.54 Å². The van der Waals surface area contributed by atoms with E-state index in [2.05, 4.69) is 17.2 Å². The summed E-state index contributed by atoms with van der Waals surface area (Å²) < 4.78 is 37.9. The highest BCUT2D eigenvalue weighted by Gasteiger charge is 2.30. The molecule has 1 aromatic heterocycles. The molecule has 2 rings (SSSR count). The summed E-state index contributed by atoms with van der Waals surface area (Å²) in [7, 11) is 0. The van der Waals surface area contributed by atoms with Crippen LogP contribution in [-0.2, 0) is 6.18 Å². The SMILES string of the molecule is CCCNC(c1ccc(C(F)(F)F)cc1)c1cnc(C)s1. The zero-order chi connectivity index (χ0) is 15.5. The molecule has 1 heterocycles. The van der Waals surface area contributed by atoms with Gasteiger partial charge in [-0.25, -0.2) is 4.98 Å². The lowest BCUT2D eigenvalue weighted by molar-refractivity contribution is -0.137.